The lowest BCUT2D eigenvalue weighted by atomic mass is 9.86. The molecule has 0 radical (unpaired) electrons. The van der Waals surface area contributed by atoms with E-state index < -0.39 is 0 Å². The minimum Gasteiger partial charge on any atom is -0.0958 e. The highest BCUT2D eigenvalue weighted by atomic mass is 14.2. The summed E-state index contributed by atoms with van der Waals surface area (Å²) in [7, 11) is 0. The SMILES string of the molecule is C=C1C=C(C(C)(C)C)CC1. The predicted octanol–water partition coefficient (Wildman–Crippen LogP) is 3.31. The first-order valence-corrected chi connectivity index (χ1v) is 3.89. The molecule has 10 heavy (non-hydrogen) atoms. The van der Waals surface area contributed by atoms with Crippen LogP contribution in [-0.2, 0) is 0 Å². The zero-order valence-electron chi connectivity index (χ0n) is 7.20. The number of hydrogen-bond donors (Lipinski definition) is 0. The first kappa shape index (κ1) is 7.59. The average Bonchev–Trinajstić information content (AvgIpc) is 2.11. The predicted molar refractivity (Wildman–Crippen MR) is 45.9 cm³/mol. The van der Waals surface area contributed by atoms with E-state index in [9.17, 15) is 0 Å². The minimum atomic E-state index is 0.361. The molecule has 0 saturated heterocycles. The molecular weight excluding hydrogens is 120 g/mol. The van der Waals surface area contributed by atoms with Gasteiger partial charge < -0.3 is 0 Å². The molecule has 0 bridgehead atoms. The lowest BCUT2D eigenvalue weighted by Crippen LogP contribution is -2.06. The molecule has 1 aliphatic carbocycles. The first-order valence-electron chi connectivity index (χ1n) is 3.89. The Kier molecular flexibility index (Phi) is 1.72. The maximum absolute atomic E-state index is 3.94. The van der Waals surface area contributed by atoms with Gasteiger partial charge in [0.2, 0.25) is 0 Å². The van der Waals surface area contributed by atoms with Gasteiger partial charge in [0.1, 0.15) is 0 Å². The molecule has 1 rings (SSSR count). The standard InChI is InChI=1S/C10H16/c1-8-5-6-9(7-8)10(2,3)4/h7H,1,5-6H2,2-4H3. The summed E-state index contributed by atoms with van der Waals surface area (Å²) in [5.41, 5.74) is 3.21. The van der Waals surface area contributed by atoms with E-state index in [1.165, 1.54) is 18.4 Å². The molecule has 0 atom stereocenters. The van der Waals surface area contributed by atoms with Crippen molar-refractivity contribution in [1.29, 1.82) is 0 Å². The maximum atomic E-state index is 3.94. The Hall–Kier alpha value is -0.520. The maximum Gasteiger partial charge on any atom is -0.0170 e. The number of hydrogen-bond acceptors (Lipinski definition) is 0. The third-order valence-electron chi connectivity index (χ3n) is 2.06. The quantitative estimate of drug-likeness (QED) is 0.479. The van der Waals surface area contributed by atoms with Crippen molar-refractivity contribution < 1.29 is 0 Å². The summed E-state index contributed by atoms with van der Waals surface area (Å²) in [5, 5.41) is 0. The molecule has 0 aromatic rings. The van der Waals surface area contributed by atoms with Gasteiger partial charge in [-0.3, -0.25) is 0 Å². The van der Waals surface area contributed by atoms with Crippen molar-refractivity contribution in [3.63, 3.8) is 0 Å². The van der Waals surface area contributed by atoms with Crippen LogP contribution in [0, 0.1) is 5.41 Å². The molecule has 0 aliphatic heterocycles. The van der Waals surface area contributed by atoms with E-state index in [0.717, 1.165) is 0 Å². The molecule has 0 N–H and O–H groups in total. The van der Waals surface area contributed by atoms with E-state index >= 15 is 0 Å². The van der Waals surface area contributed by atoms with Crippen LogP contribution in [0.1, 0.15) is 33.6 Å². The van der Waals surface area contributed by atoms with Gasteiger partial charge in [0.05, 0.1) is 0 Å². The van der Waals surface area contributed by atoms with Gasteiger partial charge in [0.25, 0.3) is 0 Å². The smallest absolute Gasteiger partial charge is 0.0170 e. The Bertz CT molecular complexity index is 177. The van der Waals surface area contributed by atoms with Crippen molar-refractivity contribution in [2.45, 2.75) is 33.6 Å². The molecule has 0 aromatic heterocycles. The van der Waals surface area contributed by atoms with Gasteiger partial charge in [-0.1, -0.05) is 44.6 Å². The van der Waals surface area contributed by atoms with E-state index in [1.807, 2.05) is 0 Å². The number of allylic oxidation sites excluding steroid dienone is 3. The van der Waals surface area contributed by atoms with E-state index in [0.29, 0.717) is 5.41 Å². The van der Waals surface area contributed by atoms with Gasteiger partial charge in [0, 0.05) is 0 Å². The second-order valence-corrected chi connectivity index (χ2v) is 4.08. The lowest BCUT2D eigenvalue weighted by molar-refractivity contribution is 0.490. The summed E-state index contributed by atoms with van der Waals surface area (Å²) < 4.78 is 0. The van der Waals surface area contributed by atoms with Gasteiger partial charge in [-0.25, -0.2) is 0 Å². The van der Waals surface area contributed by atoms with Gasteiger partial charge in [0.15, 0.2) is 0 Å². The van der Waals surface area contributed by atoms with Crippen LogP contribution in [0.2, 0.25) is 0 Å². The summed E-state index contributed by atoms with van der Waals surface area (Å²) in [6.07, 6.45) is 4.65. The summed E-state index contributed by atoms with van der Waals surface area (Å²) in [4.78, 5) is 0. The van der Waals surface area contributed by atoms with Crippen LogP contribution >= 0.6 is 0 Å². The Morgan fingerprint density at radius 1 is 1.30 bits per heavy atom. The Balaban J connectivity index is 2.76. The van der Waals surface area contributed by atoms with Gasteiger partial charge in [-0.05, 0) is 18.3 Å². The lowest BCUT2D eigenvalue weighted by Gasteiger charge is -2.19. The Morgan fingerprint density at radius 3 is 2.10 bits per heavy atom. The third kappa shape index (κ3) is 1.50. The molecule has 0 unspecified atom stereocenters. The second-order valence-electron chi connectivity index (χ2n) is 4.08. The number of rotatable bonds is 0. The minimum absolute atomic E-state index is 0.361. The highest BCUT2D eigenvalue weighted by Crippen LogP contribution is 2.35. The fourth-order valence-electron chi connectivity index (χ4n) is 1.28. The van der Waals surface area contributed by atoms with E-state index in [2.05, 4.69) is 33.4 Å². The van der Waals surface area contributed by atoms with Crippen molar-refractivity contribution in [2.75, 3.05) is 0 Å². The van der Waals surface area contributed by atoms with Crippen LogP contribution in [-0.4, -0.2) is 0 Å². The molecule has 56 valence electrons. The topological polar surface area (TPSA) is 0 Å². The molecule has 0 aromatic carbocycles. The van der Waals surface area contributed by atoms with Crippen LogP contribution < -0.4 is 0 Å². The van der Waals surface area contributed by atoms with Crippen LogP contribution in [0.4, 0.5) is 0 Å². The largest absolute Gasteiger partial charge is 0.0958 e. The van der Waals surface area contributed by atoms with Gasteiger partial charge >= 0.3 is 0 Å². The molecule has 0 saturated carbocycles. The molecule has 0 heterocycles. The van der Waals surface area contributed by atoms with Crippen molar-refractivity contribution >= 4 is 0 Å². The summed E-state index contributed by atoms with van der Waals surface area (Å²) in [6, 6.07) is 0. The van der Waals surface area contributed by atoms with Crippen LogP contribution in [0.3, 0.4) is 0 Å². The zero-order valence-corrected chi connectivity index (χ0v) is 7.20. The van der Waals surface area contributed by atoms with Crippen molar-refractivity contribution in [1.82, 2.24) is 0 Å². The fourth-order valence-corrected chi connectivity index (χ4v) is 1.28. The fraction of sp³-hybridized carbons (Fsp3) is 0.600. The van der Waals surface area contributed by atoms with E-state index in [-0.39, 0.29) is 0 Å². The average molecular weight is 136 g/mol. The molecule has 0 nitrogen and oxygen atoms in total. The third-order valence-corrected chi connectivity index (χ3v) is 2.06. The Labute approximate surface area is 63.6 Å². The van der Waals surface area contributed by atoms with E-state index in [4.69, 9.17) is 0 Å². The van der Waals surface area contributed by atoms with Crippen molar-refractivity contribution in [3.05, 3.63) is 23.8 Å². The normalized spacial score (nSPS) is 19.5. The van der Waals surface area contributed by atoms with Crippen LogP contribution in [0.25, 0.3) is 0 Å². The molecule has 0 fully saturated rings. The molecule has 0 heteroatoms. The molecule has 0 amide bonds. The molecule has 1 aliphatic rings. The summed E-state index contributed by atoms with van der Waals surface area (Å²) >= 11 is 0. The first-order chi connectivity index (χ1) is 4.50. The summed E-state index contributed by atoms with van der Waals surface area (Å²) in [5.74, 6) is 0. The highest BCUT2D eigenvalue weighted by molar-refractivity contribution is 5.31. The summed E-state index contributed by atoms with van der Waals surface area (Å²) in [6.45, 7) is 10.7. The van der Waals surface area contributed by atoms with Gasteiger partial charge in [-0.15, -0.1) is 0 Å². The molecular formula is C10H16. The van der Waals surface area contributed by atoms with Crippen molar-refractivity contribution in [3.8, 4) is 0 Å². The highest BCUT2D eigenvalue weighted by Gasteiger charge is 2.20. The van der Waals surface area contributed by atoms with Crippen LogP contribution in [0.5, 0.6) is 0 Å². The monoisotopic (exact) mass is 136 g/mol. The van der Waals surface area contributed by atoms with Crippen molar-refractivity contribution in [2.24, 2.45) is 5.41 Å². The van der Waals surface area contributed by atoms with Crippen LogP contribution in [0.15, 0.2) is 23.8 Å². The van der Waals surface area contributed by atoms with E-state index in [1.54, 1.807) is 5.57 Å². The zero-order chi connectivity index (χ0) is 7.78. The van der Waals surface area contributed by atoms with Gasteiger partial charge in [-0.2, -0.15) is 0 Å². The second kappa shape index (κ2) is 2.26. The Morgan fingerprint density at radius 2 is 1.90 bits per heavy atom. The molecule has 0 spiro atoms.